The Morgan fingerprint density at radius 2 is 2.20 bits per heavy atom. The first kappa shape index (κ1) is 15.5. The van der Waals surface area contributed by atoms with Crippen LogP contribution in [0.5, 0.6) is 0 Å². The SMILES string of the molecule is CCCC1CNC(CC)CN1Cc1ccn(C(C)C)n1. The van der Waals surface area contributed by atoms with Crippen LogP contribution in [0.15, 0.2) is 12.3 Å². The van der Waals surface area contributed by atoms with Crippen LogP contribution in [0, 0.1) is 0 Å². The maximum atomic E-state index is 4.70. The Balaban J connectivity index is 2.01. The Morgan fingerprint density at radius 1 is 1.40 bits per heavy atom. The van der Waals surface area contributed by atoms with Gasteiger partial charge in [-0.25, -0.2) is 0 Å². The number of hydrogen-bond donors (Lipinski definition) is 1. The van der Waals surface area contributed by atoms with Crippen LogP contribution in [-0.2, 0) is 6.54 Å². The second-order valence-corrected chi connectivity index (χ2v) is 6.27. The molecule has 0 spiro atoms. The van der Waals surface area contributed by atoms with E-state index < -0.39 is 0 Å². The zero-order valence-electron chi connectivity index (χ0n) is 13.5. The van der Waals surface area contributed by atoms with Gasteiger partial charge in [-0.2, -0.15) is 5.10 Å². The fourth-order valence-electron chi connectivity index (χ4n) is 2.97. The molecular formula is C16H30N4. The maximum Gasteiger partial charge on any atom is 0.0765 e. The summed E-state index contributed by atoms with van der Waals surface area (Å²) in [6.45, 7) is 12.2. The van der Waals surface area contributed by atoms with Gasteiger partial charge in [0.25, 0.3) is 0 Å². The topological polar surface area (TPSA) is 33.1 Å². The highest BCUT2D eigenvalue weighted by atomic mass is 15.3. The lowest BCUT2D eigenvalue weighted by molar-refractivity contribution is 0.112. The minimum Gasteiger partial charge on any atom is -0.311 e. The van der Waals surface area contributed by atoms with E-state index in [1.165, 1.54) is 25.0 Å². The molecular weight excluding hydrogens is 248 g/mol. The molecule has 0 amide bonds. The Morgan fingerprint density at radius 3 is 2.80 bits per heavy atom. The molecule has 1 aliphatic heterocycles. The molecule has 2 rings (SSSR count). The third-order valence-electron chi connectivity index (χ3n) is 4.29. The van der Waals surface area contributed by atoms with Crippen molar-refractivity contribution in [3.05, 3.63) is 18.0 Å². The van der Waals surface area contributed by atoms with Crippen LogP contribution in [0.3, 0.4) is 0 Å². The van der Waals surface area contributed by atoms with Crippen molar-refractivity contribution in [1.82, 2.24) is 20.0 Å². The molecule has 1 N–H and O–H groups in total. The van der Waals surface area contributed by atoms with E-state index in [1.54, 1.807) is 0 Å². The van der Waals surface area contributed by atoms with E-state index in [0.29, 0.717) is 18.1 Å². The standard InChI is InChI=1S/C16H30N4/c1-5-7-16-10-17-14(6-2)11-19(16)12-15-8-9-20(18-15)13(3)4/h8-9,13-14,16-17H,5-7,10-12H2,1-4H3. The van der Waals surface area contributed by atoms with Gasteiger partial charge in [0.15, 0.2) is 0 Å². The van der Waals surface area contributed by atoms with E-state index in [2.05, 4.69) is 54.9 Å². The lowest BCUT2D eigenvalue weighted by Crippen LogP contribution is -2.55. The third-order valence-corrected chi connectivity index (χ3v) is 4.29. The molecule has 1 fully saturated rings. The fourth-order valence-corrected chi connectivity index (χ4v) is 2.97. The normalized spacial score (nSPS) is 24.4. The van der Waals surface area contributed by atoms with Gasteiger partial charge < -0.3 is 5.32 Å². The summed E-state index contributed by atoms with van der Waals surface area (Å²) in [5.74, 6) is 0. The number of aromatic nitrogens is 2. The highest BCUT2D eigenvalue weighted by Gasteiger charge is 2.26. The van der Waals surface area contributed by atoms with Crippen molar-refractivity contribution < 1.29 is 0 Å². The summed E-state index contributed by atoms with van der Waals surface area (Å²) in [6, 6.07) is 3.91. The quantitative estimate of drug-likeness (QED) is 0.868. The van der Waals surface area contributed by atoms with Crippen molar-refractivity contribution in [2.24, 2.45) is 0 Å². The summed E-state index contributed by atoms with van der Waals surface area (Å²) < 4.78 is 2.06. The van der Waals surface area contributed by atoms with Crippen molar-refractivity contribution >= 4 is 0 Å². The molecule has 4 nitrogen and oxygen atoms in total. The maximum absolute atomic E-state index is 4.70. The van der Waals surface area contributed by atoms with Gasteiger partial charge in [-0.3, -0.25) is 9.58 Å². The van der Waals surface area contributed by atoms with E-state index in [9.17, 15) is 0 Å². The summed E-state index contributed by atoms with van der Waals surface area (Å²) in [5, 5.41) is 8.38. The zero-order valence-corrected chi connectivity index (χ0v) is 13.5. The predicted octanol–water partition coefficient (Wildman–Crippen LogP) is 2.82. The molecule has 0 aromatic carbocycles. The largest absolute Gasteiger partial charge is 0.311 e. The molecule has 0 bridgehead atoms. The Hall–Kier alpha value is -0.870. The summed E-state index contributed by atoms with van der Waals surface area (Å²) in [7, 11) is 0. The van der Waals surface area contributed by atoms with Gasteiger partial charge in [0.2, 0.25) is 0 Å². The average Bonchev–Trinajstić information content (AvgIpc) is 2.90. The minimum absolute atomic E-state index is 0.446. The molecule has 114 valence electrons. The first-order chi connectivity index (χ1) is 9.63. The fraction of sp³-hybridized carbons (Fsp3) is 0.812. The summed E-state index contributed by atoms with van der Waals surface area (Å²) in [4.78, 5) is 2.63. The molecule has 0 aliphatic carbocycles. The van der Waals surface area contributed by atoms with Crippen molar-refractivity contribution in [3.63, 3.8) is 0 Å². The molecule has 1 aromatic heterocycles. The molecule has 1 aromatic rings. The number of hydrogen-bond acceptors (Lipinski definition) is 3. The van der Waals surface area contributed by atoms with Crippen molar-refractivity contribution in [3.8, 4) is 0 Å². The number of nitrogens with zero attached hydrogens (tertiary/aromatic N) is 3. The lowest BCUT2D eigenvalue weighted by Gasteiger charge is -2.40. The summed E-state index contributed by atoms with van der Waals surface area (Å²) in [5.41, 5.74) is 1.21. The first-order valence-corrected chi connectivity index (χ1v) is 8.15. The van der Waals surface area contributed by atoms with E-state index in [1.807, 2.05) is 0 Å². The van der Waals surface area contributed by atoms with Crippen molar-refractivity contribution in [2.75, 3.05) is 13.1 Å². The monoisotopic (exact) mass is 278 g/mol. The predicted molar refractivity (Wildman–Crippen MR) is 83.8 cm³/mol. The molecule has 2 unspecified atom stereocenters. The summed E-state index contributed by atoms with van der Waals surface area (Å²) in [6.07, 6.45) is 5.83. The molecule has 1 saturated heterocycles. The number of nitrogens with one attached hydrogen (secondary N) is 1. The first-order valence-electron chi connectivity index (χ1n) is 8.15. The van der Waals surface area contributed by atoms with E-state index in [0.717, 1.165) is 19.6 Å². The van der Waals surface area contributed by atoms with Gasteiger partial charge in [-0.15, -0.1) is 0 Å². The zero-order chi connectivity index (χ0) is 14.5. The van der Waals surface area contributed by atoms with Gasteiger partial charge in [-0.05, 0) is 32.8 Å². The van der Waals surface area contributed by atoms with Gasteiger partial charge in [0.1, 0.15) is 0 Å². The molecule has 4 heteroatoms. The molecule has 2 heterocycles. The molecule has 20 heavy (non-hydrogen) atoms. The van der Waals surface area contributed by atoms with Gasteiger partial charge in [-0.1, -0.05) is 20.3 Å². The van der Waals surface area contributed by atoms with Crippen LogP contribution in [-0.4, -0.2) is 39.9 Å². The van der Waals surface area contributed by atoms with Crippen LogP contribution in [0.4, 0.5) is 0 Å². The average molecular weight is 278 g/mol. The van der Waals surface area contributed by atoms with E-state index in [-0.39, 0.29) is 0 Å². The lowest BCUT2D eigenvalue weighted by atomic mass is 10.0. The second kappa shape index (κ2) is 7.23. The van der Waals surface area contributed by atoms with Gasteiger partial charge >= 0.3 is 0 Å². The molecule has 1 aliphatic rings. The molecule has 0 radical (unpaired) electrons. The summed E-state index contributed by atoms with van der Waals surface area (Å²) >= 11 is 0. The van der Waals surface area contributed by atoms with Crippen LogP contribution in [0.25, 0.3) is 0 Å². The van der Waals surface area contributed by atoms with Crippen molar-refractivity contribution in [1.29, 1.82) is 0 Å². The van der Waals surface area contributed by atoms with E-state index in [4.69, 9.17) is 5.10 Å². The molecule has 0 saturated carbocycles. The number of rotatable bonds is 6. The number of piperazine rings is 1. The molecule has 2 atom stereocenters. The third kappa shape index (κ3) is 3.83. The second-order valence-electron chi connectivity index (χ2n) is 6.27. The van der Waals surface area contributed by atoms with Gasteiger partial charge in [0.05, 0.1) is 5.69 Å². The van der Waals surface area contributed by atoms with Crippen molar-refractivity contribution in [2.45, 2.75) is 71.6 Å². The highest BCUT2D eigenvalue weighted by Crippen LogP contribution is 2.17. The Labute approximate surface area is 123 Å². The smallest absolute Gasteiger partial charge is 0.0765 e. The Bertz CT molecular complexity index is 399. The van der Waals surface area contributed by atoms with Crippen LogP contribution in [0.2, 0.25) is 0 Å². The van der Waals surface area contributed by atoms with E-state index >= 15 is 0 Å². The highest BCUT2D eigenvalue weighted by molar-refractivity contribution is 5.01. The van der Waals surface area contributed by atoms with Gasteiger partial charge in [0, 0.05) is 44.0 Å². The van der Waals surface area contributed by atoms with Crippen LogP contribution in [0.1, 0.15) is 58.7 Å². The van der Waals surface area contributed by atoms with Crippen LogP contribution >= 0.6 is 0 Å². The minimum atomic E-state index is 0.446. The van der Waals surface area contributed by atoms with Crippen LogP contribution < -0.4 is 5.32 Å². The Kier molecular flexibility index (Phi) is 5.61.